The number of benzene rings is 2. The lowest BCUT2D eigenvalue weighted by molar-refractivity contribution is 0.193. The van der Waals surface area contributed by atoms with E-state index in [1.165, 1.54) is 0 Å². The van der Waals surface area contributed by atoms with Crippen molar-refractivity contribution >= 4 is 17.8 Å². The third kappa shape index (κ3) is 9.25. The van der Waals surface area contributed by atoms with Gasteiger partial charge in [-0.2, -0.15) is 0 Å². The van der Waals surface area contributed by atoms with Crippen molar-refractivity contribution in [3.63, 3.8) is 0 Å². The highest BCUT2D eigenvalue weighted by atomic mass is 32.2. The number of aliphatic hydroxyl groups is 1. The topological polar surface area (TPSA) is 38.7 Å². The second-order valence-electron chi connectivity index (χ2n) is 6.45. The summed E-state index contributed by atoms with van der Waals surface area (Å²) in [5.41, 5.74) is 1.54. The van der Waals surface area contributed by atoms with Gasteiger partial charge in [0.1, 0.15) is 11.9 Å². The number of hydrogen-bond acceptors (Lipinski definition) is 4. The van der Waals surface area contributed by atoms with E-state index in [-0.39, 0.29) is 0 Å². The molecule has 0 aliphatic carbocycles. The molecule has 3 nitrogen and oxygen atoms in total. The van der Waals surface area contributed by atoms with Crippen molar-refractivity contribution in [1.82, 2.24) is 0 Å². The van der Waals surface area contributed by atoms with Crippen LogP contribution < -0.4 is 4.74 Å². The Morgan fingerprint density at radius 2 is 1.80 bits per heavy atom. The summed E-state index contributed by atoms with van der Waals surface area (Å²) in [6.07, 6.45) is 3.65. The van der Waals surface area contributed by atoms with E-state index in [2.05, 4.69) is 23.7 Å². The summed E-state index contributed by atoms with van der Waals surface area (Å²) in [4.78, 5) is 1.16. The molecule has 0 saturated heterocycles. The number of methoxy groups -OCH3 is 2. The number of aliphatic hydroxyl groups excluding tert-OH is 1. The van der Waals surface area contributed by atoms with Crippen LogP contribution in [0.2, 0.25) is 0 Å². The van der Waals surface area contributed by atoms with Gasteiger partial charge < -0.3 is 14.6 Å². The van der Waals surface area contributed by atoms with Crippen LogP contribution in [-0.4, -0.2) is 37.8 Å². The van der Waals surface area contributed by atoms with Gasteiger partial charge in [-0.1, -0.05) is 54.0 Å². The van der Waals surface area contributed by atoms with Gasteiger partial charge in [0.25, 0.3) is 0 Å². The highest BCUT2D eigenvalue weighted by Crippen LogP contribution is 2.17. The second-order valence-corrected chi connectivity index (χ2v) is 7.50. The molecule has 1 atom stereocenters. The minimum absolute atomic E-state index is 0.601. The molecule has 2 aromatic carbocycles. The average molecular weight is 421 g/mol. The fourth-order valence-corrected chi connectivity index (χ4v) is 3.21. The van der Waals surface area contributed by atoms with Crippen LogP contribution in [0.3, 0.4) is 0 Å². The molecule has 0 amide bonds. The maximum absolute atomic E-state index is 10.6. The van der Waals surface area contributed by atoms with E-state index < -0.39 is 6.10 Å². The Bertz CT molecular complexity index is 897. The first-order chi connectivity index (χ1) is 14.7. The molecule has 0 radical (unpaired) electrons. The Balaban J connectivity index is 2.06. The van der Waals surface area contributed by atoms with Crippen molar-refractivity contribution in [1.29, 1.82) is 0 Å². The standard InChI is InChI=1S/C26H28O3S/c1-28-19-9-4-3-6-11-23(21-22-15-17-24(29-2)18-16-22)26(27)14-10-20-30-25-12-7-5-8-13-25/h5,7-8,12-13,15-18,21,26-27H,3-4,9,19-20H2,1-2H3/b23-21+. The maximum atomic E-state index is 10.6. The largest absolute Gasteiger partial charge is 0.497 e. The van der Waals surface area contributed by atoms with Crippen LogP contribution in [0.5, 0.6) is 5.75 Å². The van der Waals surface area contributed by atoms with E-state index in [1.54, 1.807) is 26.0 Å². The summed E-state index contributed by atoms with van der Waals surface area (Å²) >= 11 is 1.65. The molecule has 0 saturated carbocycles. The molecule has 0 aromatic heterocycles. The number of thioether (sulfide) groups is 1. The average Bonchev–Trinajstić information content (AvgIpc) is 2.79. The molecule has 2 aromatic rings. The SMILES string of the molecule is COCCCCC#C/C(=C\c1ccc(OC)cc1)C(O)C#CCSc1ccccc1. The van der Waals surface area contributed by atoms with Crippen molar-refractivity contribution < 1.29 is 14.6 Å². The number of hydrogen-bond donors (Lipinski definition) is 1. The molecule has 2 rings (SSSR count). The lowest BCUT2D eigenvalue weighted by Gasteiger charge is -2.05. The molecule has 1 N–H and O–H groups in total. The van der Waals surface area contributed by atoms with Crippen molar-refractivity contribution in [3.05, 3.63) is 65.7 Å². The van der Waals surface area contributed by atoms with Gasteiger partial charge in [0.05, 0.1) is 12.9 Å². The van der Waals surface area contributed by atoms with Crippen molar-refractivity contribution in [2.75, 3.05) is 26.6 Å². The molecule has 0 fully saturated rings. The van der Waals surface area contributed by atoms with Gasteiger partial charge in [-0.25, -0.2) is 0 Å². The quantitative estimate of drug-likeness (QED) is 0.350. The second kappa shape index (κ2) is 14.4. The normalized spacial score (nSPS) is 11.6. The molecule has 0 aliphatic rings. The smallest absolute Gasteiger partial charge is 0.147 e. The van der Waals surface area contributed by atoms with Crippen LogP contribution in [-0.2, 0) is 4.74 Å². The first kappa shape index (κ1) is 23.6. The summed E-state index contributed by atoms with van der Waals surface area (Å²) in [5, 5.41) is 10.6. The third-order valence-corrected chi connectivity index (χ3v) is 5.05. The van der Waals surface area contributed by atoms with Crippen molar-refractivity contribution in [2.24, 2.45) is 0 Å². The summed E-state index contributed by atoms with van der Waals surface area (Å²) in [6, 6.07) is 17.7. The first-order valence-electron chi connectivity index (χ1n) is 9.90. The molecule has 0 heterocycles. The van der Waals surface area contributed by atoms with E-state index in [1.807, 2.05) is 60.7 Å². The van der Waals surface area contributed by atoms with E-state index >= 15 is 0 Å². The Morgan fingerprint density at radius 1 is 1.03 bits per heavy atom. The van der Waals surface area contributed by atoms with Crippen LogP contribution in [0, 0.1) is 23.7 Å². The zero-order valence-corrected chi connectivity index (χ0v) is 18.4. The van der Waals surface area contributed by atoms with E-state index in [4.69, 9.17) is 9.47 Å². The molecular formula is C26H28O3S. The molecule has 1 unspecified atom stereocenters. The van der Waals surface area contributed by atoms with Gasteiger partial charge in [-0.3, -0.25) is 0 Å². The van der Waals surface area contributed by atoms with E-state index in [0.717, 1.165) is 42.1 Å². The minimum atomic E-state index is -0.921. The Morgan fingerprint density at radius 3 is 2.50 bits per heavy atom. The highest BCUT2D eigenvalue weighted by Gasteiger charge is 2.06. The van der Waals surface area contributed by atoms with Crippen molar-refractivity contribution in [2.45, 2.75) is 30.3 Å². The Kier molecular flexibility index (Phi) is 11.3. The lowest BCUT2D eigenvalue weighted by Crippen LogP contribution is -2.06. The van der Waals surface area contributed by atoms with Gasteiger partial charge in [-0.05, 0) is 48.7 Å². The van der Waals surface area contributed by atoms with Crippen LogP contribution in [0.4, 0.5) is 0 Å². The Labute approximate surface area is 184 Å². The predicted octanol–water partition coefficient (Wildman–Crippen LogP) is 5.06. The zero-order chi connectivity index (χ0) is 21.4. The minimum Gasteiger partial charge on any atom is -0.497 e. The van der Waals surface area contributed by atoms with Gasteiger partial charge in [0.2, 0.25) is 0 Å². The molecule has 156 valence electrons. The molecular weight excluding hydrogens is 392 g/mol. The predicted molar refractivity (Wildman–Crippen MR) is 125 cm³/mol. The van der Waals surface area contributed by atoms with Gasteiger partial charge >= 0.3 is 0 Å². The monoisotopic (exact) mass is 420 g/mol. The van der Waals surface area contributed by atoms with E-state index in [0.29, 0.717) is 11.3 Å². The maximum Gasteiger partial charge on any atom is 0.147 e. The van der Waals surface area contributed by atoms with Gasteiger partial charge in [0.15, 0.2) is 0 Å². The summed E-state index contributed by atoms with van der Waals surface area (Å²) in [6.45, 7) is 0.739. The lowest BCUT2D eigenvalue weighted by atomic mass is 10.1. The summed E-state index contributed by atoms with van der Waals surface area (Å²) < 4.78 is 10.3. The van der Waals surface area contributed by atoms with Crippen LogP contribution in [0.25, 0.3) is 6.08 Å². The first-order valence-corrected chi connectivity index (χ1v) is 10.9. The highest BCUT2D eigenvalue weighted by molar-refractivity contribution is 7.99. The van der Waals surface area contributed by atoms with Crippen LogP contribution in [0.1, 0.15) is 24.8 Å². The molecule has 0 bridgehead atoms. The van der Waals surface area contributed by atoms with Crippen LogP contribution >= 0.6 is 11.8 Å². The molecule has 0 aliphatic heterocycles. The number of unbranched alkanes of at least 4 members (excludes halogenated alkanes) is 2. The fraction of sp³-hybridized carbons (Fsp3) is 0.308. The third-order valence-electron chi connectivity index (χ3n) is 4.16. The van der Waals surface area contributed by atoms with Crippen LogP contribution in [0.15, 0.2) is 65.1 Å². The molecule has 0 spiro atoms. The molecule has 4 heteroatoms. The summed E-state index contributed by atoms with van der Waals surface area (Å²) in [7, 11) is 3.34. The van der Waals surface area contributed by atoms with Crippen molar-refractivity contribution in [3.8, 4) is 29.4 Å². The van der Waals surface area contributed by atoms with E-state index in [9.17, 15) is 5.11 Å². The molecule has 30 heavy (non-hydrogen) atoms. The van der Waals surface area contributed by atoms with Gasteiger partial charge in [-0.15, -0.1) is 11.8 Å². The zero-order valence-electron chi connectivity index (χ0n) is 17.6. The fourth-order valence-electron chi connectivity index (χ4n) is 2.54. The summed E-state index contributed by atoms with van der Waals surface area (Å²) in [5.74, 6) is 13.6. The van der Waals surface area contributed by atoms with Gasteiger partial charge in [0, 0.05) is 30.6 Å². The number of ether oxygens (including phenoxy) is 2. The number of rotatable bonds is 9. The Hall–Kier alpha value is -2.63.